The van der Waals surface area contributed by atoms with Gasteiger partial charge in [0.15, 0.2) is 0 Å². The second kappa shape index (κ2) is 8.91. The highest BCUT2D eigenvalue weighted by atomic mass is 16.5. The maximum atomic E-state index is 6.18. The van der Waals surface area contributed by atoms with Crippen LogP contribution in [-0.2, 0) is 9.47 Å². The molecule has 0 fully saturated rings. The Kier molecular flexibility index (Phi) is 7.48. The summed E-state index contributed by atoms with van der Waals surface area (Å²) < 4.78 is 16.4. The van der Waals surface area contributed by atoms with E-state index in [2.05, 4.69) is 6.92 Å². The lowest BCUT2D eigenvalue weighted by Gasteiger charge is -2.25. The topological polar surface area (TPSA) is 53.7 Å². The van der Waals surface area contributed by atoms with Gasteiger partial charge in [-0.2, -0.15) is 0 Å². The molecule has 0 amide bonds. The van der Waals surface area contributed by atoms with Crippen LogP contribution in [0.2, 0.25) is 0 Å². The van der Waals surface area contributed by atoms with Crippen molar-refractivity contribution in [1.29, 1.82) is 0 Å². The number of nitrogens with two attached hydrogens (primary N) is 1. The van der Waals surface area contributed by atoms with Crippen LogP contribution >= 0.6 is 0 Å². The van der Waals surface area contributed by atoms with E-state index in [1.165, 1.54) is 0 Å². The van der Waals surface area contributed by atoms with Gasteiger partial charge in [0.05, 0.1) is 7.11 Å². The van der Waals surface area contributed by atoms with Gasteiger partial charge in [-0.05, 0) is 18.9 Å². The molecule has 2 unspecified atom stereocenters. The van der Waals surface area contributed by atoms with Gasteiger partial charge in [0, 0.05) is 31.9 Å². The first-order chi connectivity index (χ1) is 9.24. The molecule has 0 spiro atoms. The van der Waals surface area contributed by atoms with E-state index in [9.17, 15) is 0 Å². The maximum absolute atomic E-state index is 6.18. The Hall–Kier alpha value is -1.10. The van der Waals surface area contributed by atoms with Gasteiger partial charge in [-0.1, -0.05) is 25.1 Å². The molecule has 0 aromatic heterocycles. The third-order valence-corrected chi connectivity index (χ3v) is 3.10. The Morgan fingerprint density at radius 1 is 1.16 bits per heavy atom. The molecule has 19 heavy (non-hydrogen) atoms. The molecule has 0 bridgehead atoms. The van der Waals surface area contributed by atoms with Gasteiger partial charge in [0.25, 0.3) is 0 Å². The second-order valence-electron chi connectivity index (χ2n) is 4.45. The summed E-state index contributed by atoms with van der Waals surface area (Å²) in [6, 6.07) is 7.82. The molecule has 1 aromatic carbocycles. The van der Waals surface area contributed by atoms with Crippen LogP contribution in [0.1, 0.15) is 31.4 Å². The smallest absolute Gasteiger partial charge is 0.124 e. The summed E-state index contributed by atoms with van der Waals surface area (Å²) in [7, 11) is 3.35. The number of para-hydroxylation sites is 1. The Balaban J connectivity index is 2.77. The van der Waals surface area contributed by atoms with E-state index in [0.29, 0.717) is 13.2 Å². The predicted molar refractivity (Wildman–Crippen MR) is 76.4 cm³/mol. The summed E-state index contributed by atoms with van der Waals surface area (Å²) in [6.07, 6.45) is 1.57. The largest absolute Gasteiger partial charge is 0.496 e. The SMILES string of the molecule is CCC(N)C(OCCCOC)c1ccccc1OC. The number of hydrogen-bond acceptors (Lipinski definition) is 4. The standard InChI is InChI=1S/C15H25NO3/c1-4-13(16)15(19-11-7-10-17-2)12-8-5-6-9-14(12)18-3/h5-6,8-9,13,15H,4,7,10-11,16H2,1-3H3. The highest BCUT2D eigenvalue weighted by Gasteiger charge is 2.22. The minimum Gasteiger partial charge on any atom is -0.496 e. The fourth-order valence-corrected chi connectivity index (χ4v) is 1.97. The van der Waals surface area contributed by atoms with Crippen molar-refractivity contribution in [3.8, 4) is 5.75 Å². The van der Waals surface area contributed by atoms with Gasteiger partial charge in [-0.25, -0.2) is 0 Å². The van der Waals surface area contributed by atoms with Crippen LogP contribution in [0.3, 0.4) is 0 Å². The third kappa shape index (κ3) is 4.82. The van der Waals surface area contributed by atoms with E-state index in [4.69, 9.17) is 19.9 Å². The van der Waals surface area contributed by atoms with E-state index in [-0.39, 0.29) is 12.1 Å². The number of hydrogen-bond donors (Lipinski definition) is 1. The number of rotatable bonds is 9. The van der Waals surface area contributed by atoms with Crippen molar-refractivity contribution in [1.82, 2.24) is 0 Å². The average molecular weight is 267 g/mol. The Labute approximate surface area is 115 Å². The van der Waals surface area contributed by atoms with Gasteiger partial charge in [-0.3, -0.25) is 0 Å². The van der Waals surface area contributed by atoms with E-state index >= 15 is 0 Å². The van der Waals surface area contributed by atoms with Gasteiger partial charge in [0.2, 0.25) is 0 Å². The minimum atomic E-state index is -0.141. The van der Waals surface area contributed by atoms with Crippen molar-refractivity contribution < 1.29 is 14.2 Å². The van der Waals surface area contributed by atoms with Crippen LogP contribution < -0.4 is 10.5 Å². The van der Waals surface area contributed by atoms with E-state index in [0.717, 1.165) is 24.2 Å². The van der Waals surface area contributed by atoms with Crippen molar-refractivity contribution in [2.45, 2.75) is 31.9 Å². The van der Waals surface area contributed by atoms with Gasteiger partial charge < -0.3 is 19.9 Å². The van der Waals surface area contributed by atoms with E-state index < -0.39 is 0 Å². The molecule has 0 saturated heterocycles. The van der Waals surface area contributed by atoms with Crippen LogP contribution in [-0.4, -0.2) is 33.5 Å². The molecule has 0 aliphatic heterocycles. The molecule has 4 heteroatoms. The van der Waals surface area contributed by atoms with Crippen LogP contribution in [0.4, 0.5) is 0 Å². The molecule has 2 N–H and O–H groups in total. The van der Waals surface area contributed by atoms with Crippen molar-refractivity contribution >= 4 is 0 Å². The summed E-state index contributed by atoms with van der Waals surface area (Å²) in [6.45, 7) is 3.38. The lowest BCUT2D eigenvalue weighted by Crippen LogP contribution is -2.30. The Bertz CT molecular complexity index is 357. The van der Waals surface area contributed by atoms with Crippen molar-refractivity contribution in [3.05, 3.63) is 29.8 Å². The molecule has 0 heterocycles. The fourth-order valence-electron chi connectivity index (χ4n) is 1.97. The first kappa shape index (κ1) is 16.0. The van der Waals surface area contributed by atoms with Crippen LogP contribution in [0, 0.1) is 0 Å². The zero-order valence-corrected chi connectivity index (χ0v) is 12.1. The Morgan fingerprint density at radius 2 is 1.89 bits per heavy atom. The lowest BCUT2D eigenvalue weighted by atomic mass is 10.00. The molecular formula is C15H25NO3. The first-order valence-corrected chi connectivity index (χ1v) is 6.73. The highest BCUT2D eigenvalue weighted by Crippen LogP contribution is 2.30. The first-order valence-electron chi connectivity index (χ1n) is 6.73. The molecule has 4 nitrogen and oxygen atoms in total. The molecule has 1 rings (SSSR count). The second-order valence-corrected chi connectivity index (χ2v) is 4.45. The van der Waals surface area contributed by atoms with Crippen molar-refractivity contribution in [2.24, 2.45) is 5.73 Å². The molecule has 108 valence electrons. The van der Waals surface area contributed by atoms with E-state index in [1.807, 2.05) is 24.3 Å². The van der Waals surface area contributed by atoms with Crippen LogP contribution in [0.15, 0.2) is 24.3 Å². The van der Waals surface area contributed by atoms with Crippen molar-refractivity contribution in [2.75, 3.05) is 27.4 Å². The summed E-state index contributed by atoms with van der Waals surface area (Å²) in [4.78, 5) is 0. The summed E-state index contributed by atoms with van der Waals surface area (Å²) in [5.74, 6) is 0.822. The molecule has 0 saturated carbocycles. The van der Waals surface area contributed by atoms with Gasteiger partial charge in [0.1, 0.15) is 11.9 Å². The average Bonchev–Trinajstić information content (AvgIpc) is 2.46. The molecule has 0 aliphatic carbocycles. The predicted octanol–water partition coefficient (Wildman–Crippen LogP) is 2.53. The zero-order chi connectivity index (χ0) is 14.1. The van der Waals surface area contributed by atoms with Crippen molar-refractivity contribution in [3.63, 3.8) is 0 Å². The third-order valence-electron chi connectivity index (χ3n) is 3.10. The molecule has 0 aliphatic rings. The monoisotopic (exact) mass is 267 g/mol. The quantitative estimate of drug-likeness (QED) is 0.699. The Morgan fingerprint density at radius 3 is 2.53 bits per heavy atom. The van der Waals surface area contributed by atoms with Crippen LogP contribution in [0.25, 0.3) is 0 Å². The summed E-state index contributed by atoms with van der Waals surface area (Å²) in [5, 5.41) is 0. The van der Waals surface area contributed by atoms with Gasteiger partial charge >= 0.3 is 0 Å². The molecule has 0 radical (unpaired) electrons. The van der Waals surface area contributed by atoms with Gasteiger partial charge in [-0.15, -0.1) is 0 Å². The highest BCUT2D eigenvalue weighted by molar-refractivity contribution is 5.35. The fraction of sp³-hybridized carbons (Fsp3) is 0.600. The normalized spacial score (nSPS) is 14.1. The minimum absolute atomic E-state index is 0.0427. The van der Waals surface area contributed by atoms with E-state index in [1.54, 1.807) is 14.2 Å². The number of benzene rings is 1. The summed E-state index contributed by atoms with van der Waals surface area (Å²) in [5.41, 5.74) is 7.19. The number of methoxy groups -OCH3 is 2. The van der Waals surface area contributed by atoms with Crippen LogP contribution in [0.5, 0.6) is 5.75 Å². The lowest BCUT2D eigenvalue weighted by molar-refractivity contribution is 0.0209. The maximum Gasteiger partial charge on any atom is 0.124 e. The molecule has 1 aromatic rings. The molecule has 2 atom stereocenters. The zero-order valence-electron chi connectivity index (χ0n) is 12.1. The summed E-state index contributed by atoms with van der Waals surface area (Å²) >= 11 is 0. The molecular weight excluding hydrogens is 242 g/mol. The number of ether oxygens (including phenoxy) is 3.